The van der Waals surface area contributed by atoms with Gasteiger partial charge in [0.2, 0.25) is 0 Å². The van der Waals surface area contributed by atoms with Gasteiger partial charge in [0.15, 0.2) is 6.67 Å². The van der Waals surface area contributed by atoms with Crippen molar-refractivity contribution in [3.63, 3.8) is 0 Å². The molecule has 7 heteroatoms. The van der Waals surface area contributed by atoms with E-state index < -0.39 is 37.6 Å². The van der Waals surface area contributed by atoms with E-state index in [9.17, 15) is 27.2 Å². The second kappa shape index (κ2) is 4.78. The lowest BCUT2D eigenvalue weighted by Crippen LogP contribution is -2.34. The first-order valence-corrected chi connectivity index (χ1v) is 3.19. The number of carbonyl (C=O) groups excluding carboxylic acids is 2. The summed E-state index contributed by atoms with van der Waals surface area (Å²) in [7, 11) is 0. The van der Waals surface area contributed by atoms with Crippen molar-refractivity contribution in [1.82, 2.24) is 0 Å². The first-order chi connectivity index (χ1) is 5.94. The molecule has 13 heavy (non-hydrogen) atoms. The summed E-state index contributed by atoms with van der Waals surface area (Å²) in [6, 6.07) is 0. The number of halogens is 4. The first kappa shape index (κ1) is 11.9. The number of alkyl halides is 4. The highest BCUT2D eigenvalue weighted by Gasteiger charge is 2.42. The molecule has 3 nitrogen and oxygen atoms in total. The zero-order valence-corrected chi connectivity index (χ0v) is 6.36. The third-order valence-electron chi connectivity index (χ3n) is 0.972. The Kier molecular flexibility index (Phi) is 4.36. The average molecular weight is 202 g/mol. The highest BCUT2D eigenvalue weighted by Crippen LogP contribution is 2.16. The summed E-state index contributed by atoms with van der Waals surface area (Å²) in [5, 5.41) is 0. The maximum Gasteiger partial charge on any atom is 0.387 e. The lowest BCUT2D eigenvalue weighted by Gasteiger charge is -2.08. The Bertz CT molecular complexity index is 204. The summed E-state index contributed by atoms with van der Waals surface area (Å²) in [6.45, 7) is -3.39. The molecule has 0 aromatic carbocycles. The molecule has 0 saturated carbocycles. The quantitative estimate of drug-likeness (QED) is 0.388. The Hall–Kier alpha value is -1.14. The van der Waals surface area contributed by atoms with E-state index in [0.717, 1.165) is 0 Å². The van der Waals surface area contributed by atoms with E-state index in [0.29, 0.717) is 0 Å². The van der Waals surface area contributed by atoms with Crippen LogP contribution in [-0.2, 0) is 14.3 Å². The standard InChI is InChI=1S/C6H6F4O3/c7-2-1-4(11)13-5(12)6(9,10)3-8/h1-3H2. The number of rotatable bonds is 4. The van der Waals surface area contributed by atoms with E-state index >= 15 is 0 Å². The molecule has 0 bridgehead atoms. The number of hydrogen-bond acceptors (Lipinski definition) is 3. The molecule has 0 saturated heterocycles. The fourth-order valence-electron chi connectivity index (χ4n) is 0.361. The summed E-state index contributed by atoms with van der Waals surface area (Å²) >= 11 is 0. The van der Waals surface area contributed by atoms with Crippen LogP contribution in [0.2, 0.25) is 0 Å². The molecule has 0 aliphatic rings. The van der Waals surface area contributed by atoms with E-state index in [1.54, 1.807) is 0 Å². The minimum atomic E-state index is -4.34. The van der Waals surface area contributed by atoms with Gasteiger partial charge in [0.1, 0.15) is 0 Å². The smallest absolute Gasteiger partial charge is 0.387 e. The second-order valence-electron chi connectivity index (χ2n) is 2.04. The SMILES string of the molecule is O=C(CCF)OC(=O)C(F)(F)CF. The minimum Gasteiger partial charge on any atom is -0.388 e. The van der Waals surface area contributed by atoms with Gasteiger partial charge in [-0.1, -0.05) is 0 Å². The Morgan fingerprint density at radius 3 is 2.15 bits per heavy atom. The molecule has 0 N–H and O–H groups in total. The number of hydrogen-bond donors (Lipinski definition) is 0. The number of ether oxygens (including phenoxy) is 1. The summed E-state index contributed by atoms with van der Waals surface area (Å²) in [4.78, 5) is 20.5. The van der Waals surface area contributed by atoms with Crippen LogP contribution in [0.1, 0.15) is 6.42 Å². The normalized spacial score (nSPS) is 11.1. The van der Waals surface area contributed by atoms with E-state index in [4.69, 9.17) is 0 Å². The topological polar surface area (TPSA) is 43.4 Å². The van der Waals surface area contributed by atoms with E-state index in [1.807, 2.05) is 0 Å². The maximum atomic E-state index is 12.1. The summed E-state index contributed by atoms with van der Waals surface area (Å²) in [5.74, 6) is -8.08. The van der Waals surface area contributed by atoms with Crippen LogP contribution in [0.15, 0.2) is 0 Å². The van der Waals surface area contributed by atoms with Crippen LogP contribution < -0.4 is 0 Å². The third-order valence-corrected chi connectivity index (χ3v) is 0.972. The fraction of sp³-hybridized carbons (Fsp3) is 0.667. The van der Waals surface area contributed by atoms with Crippen molar-refractivity contribution in [3.8, 4) is 0 Å². The molecule has 0 spiro atoms. The van der Waals surface area contributed by atoms with Gasteiger partial charge in [0.25, 0.3) is 0 Å². The molecule has 0 fully saturated rings. The summed E-state index contributed by atoms with van der Waals surface area (Å²) < 4.78 is 50.4. The Balaban J connectivity index is 4.07. The molecule has 0 aliphatic carbocycles. The zero-order chi connectivity index (χ0) is 10.5. The van der Waals surface area contributed by atoms with Crippen LogP contribution in [0.25, 0.3) is 0 Å². The molecule has 0 aromatic rings. The first-order valence-electron chi connectivity index (χ1n) is 3.19. The van der Waals surface area contributed by atoms with Gasteiger partial charge in [-0.3, -0.25) is 9.18 Å². The molecule has 76 valence electrons. The monoisotopic (exact) mass is 202 g/mol. The van der Waals surface area contributed by atoms with Gasteiger partial charge in [-0.15, -0.1) is 0 Å². The third kappa shape index (κ3) is 3.86. The van der Waals surface area contributed by atoms with Crippen molar-refractivity contribution in [1.29, 1.82) is 0 Å². The number of esters is 2. The van der Waals surface area contributed by atoms with Crippen molar-refractivity contribution in [2.45, 2.75) is 12.3 Å². The predicted octanol–water partition coefficient (Wildman–Crippen LogP) is 1.02. The zero-order valence-electron chi connectivity index (χ0n) is 6.36. The van der Waals surface area contributed by atoms with Gasteiger partial charge >= 0.3 is 17.9 Å². The highest BCUT2D eigenvalue weighted by atomic mass is 19.3. The molecule has 0 amide bonds. The lowest BCUT2D eigenvalue weighted by molar-refractivity contribution is -0.180. The molecule has 0 radical (unpaired) electrons. The van der Waals surface area contributed by atoms with Gasteiger partial charge < -0.3 is 4.74 Å². The van der Waals surface area contributed by atoms with Crippen molar-refractivity contribution >= 4 is 11.9 Å². The Morgan fingerprint density at radius 2 is 1.77 bits per heavy atom. The molecule has 0 aliphatic heterocycles. The van der Waals surface area contributed by atoms with Crippen LogP contribution in [0.3, 0.4) is 0 Å². The Labute approximate surface area is 70.7 Å². The lowest BCUT2D eigenvalue weighted by atomic mass is 10.4. The average Bonchev–Trinajstić information content (AvgIpc) is 2.04. The largest absolute Gasteiger partial charge is 0.388 e. The molecule has 0 rings (SSSR count). The van der Waals surface area contributed by atoms with Crippen molar-refractivity contribution in [2.24, 2.45) is 0 Å². The van der Waals surface area contributed by atoms with Gasteiger partial charge in [0.05, 0.1) is 13.1 Å². The van der Waals surface area contributed by atoms with E-state index in [-0.39, 0.29) is 0 Å². The maximum absolute atomic E-state index is 12.1. The highest BCUT2D eigenvalue weighted by molar-refractivity contribution is 5.89. The van der Waals surface area contributed by atoms with Crippen LogP contribution in [0.4, 0.5) is 17.6 Å². The van der Waals surface area contributed by atoms with E-state index in [2.05, 4.69) is 4.74 Å². The van der Waals surface area contributed by atoms with E-state index in [1.165, 1.54) is 0 Å². The molecule has 0 aromatic heterocycles. The van der Waals surface area contributed by atoms with Crippen LogP contribution >= 0.6 is 0 Å². The summed E-state index contributed by atoms with van der Waals surface area (Å²) in [6.07, 6.45) is -0.811. The van der Waals surface area contributed by atoms with Crippen LogP contribution in [0, 0.1) is 0 Å². The summed E-state index contributed by atoms with van der Waals surface area (Å²) in [5.41, 5.74) is 0. The van der Waals surface area contributed by atoms with Crippen molar-refractivity contribution in [2.75, 3.05) is 13.3 Å². The fourth-order valence-corrected chi connectivity index (χ4v) is 0.361. The molecular weight excluding hydrogens is 196 g/mol. The van der Waals surface area contributed by atoms with Crippen LogP contribution in [-0.4, -0.2) is 31.2 Å². The molecule has 0 atom stereocenters. The van der Waals surface area contributed by atoms with Crippen molar-refractivity contribution in [3.05, 3.63) is 0 Å². The minimum absolute atomic E-state index is 0.811. The van der Waals surface area contributed by atoms with Crippen LogP contribution in [0.5, 0.6) is 0 Å². The number of carbonyl (C=O) groups is 2. The Morgan fingerprint density at radius 1 is 1.23 bits per heavy atom. The van der Waals surface area contributed by atoms with Gasteiger partial charge in [-0.05, 0) is 0 Å². The van der Waals surface area contributed by atoms with Gasteiger partial charge in [-0.25, -0.2) is 9.18 Å². The van der Waals surface area contributed by atoms with Crippen molar-refractivity contribution < 1.29 is 31.9 Å². The van der Waals surface area contributed by atoms with Gasteiger partial charge in [-0.2, -0.15) is 8.78 Å². The van der Waals surface area contributed by atoms with Gasteiger partial charge in [0, 0.05) is 0 Å². The molecule has 0 unspecified atom stereocenters. The molecular formula is C6H6F4O3. The predicted molar refractivity (Wildman–Crippen MR) is 32.6 cm³/mol. The second-order valence-corrected chi connectivity index (χ2v) is 2.04. The molecule has 0 heterocycles.